The third-order valence-corrected chi connectivity index (χ3v) is 3.10. The number of nitrogens with one attached hydrogen (secondary N) is 2. The van der Waals surface area contributed by atoms with Gasteiger partial charge in [-0.15, -0.1) is 0 Å². The van der Waals surface area contributed by atoms with Crippen molar-refractivity contribution in [3.05, 3.63) is 0 Å². The van der Waals surface area contributed by atoms with E-state index < -0.39 is 6.61 Å². The first-order valence-corrected chi connectivity index (χ1v) is 6.47. The molecular formula is C10H17IN2O4. The van der Waals surface area contributed by atoms with Gasteiger partial charge in [0.25, 0.3) is 0 Å². The monoisotopic (exact) mass is 356 g/mol. The number of carbonyl (C=O) groups is 2. The number of hydrogen-bond acceptors (Lipinski definition) is 4. The van der Waals surface area contributed by atoms with Crippen LogP contribution in [0.1, 0.15) is 25.7 Å². The molecule has 2 amide bonds. The summed E-state index contributed by atoms with van der Waals surface area (Å²) in [5.41, 5.74) is 0. The van der Waals surface area contributed by atoms with Crippen LogP contribution in [0.3, 0.4) is 0 Å². The second-order valence-corrected chi connectivity index (χ2v) is 4.72. The van der Waals surface area contributed by atoms with Crippen molar-refractivity contribution in [1.29, 1.82) is 0 Å². The first kappa shape index (κ1) is 14.7. The summed E-state index contributed by atoms with van der Waals surface area (Å²) in [5, 5.41) is 14.2. The standard InChI is InChI=1S/C10H17IN2O4/c11-17-6-10(16)13-8-3-1-7(2-4-8)12-9(15)5-14/h7-8,14H,1-6H2,(H,12,15)(H,13,16). The fraction of sp³-hybridized carbons (Fsp3) is 0.800. The fourth-order valence-electron chi connectivity index (χ4n) is 1.97. The summed E-state index contributed by atoms with van der Waals surface area (Å²) in [4.78, 5) is 22.2. The van der Waals surface area contributed by atoms with E-state index in [1.807, 2.05) is 0 Å². The number of aliphatic hydroxyl groups is 1. The molecule has 98 valence electrons. The fourth-order valence-corrected chi connectivity index (χ4v) is 2.26. The Labute approximate surface area is 114 Å². The lowest BCUT2D eigenvalue weighted by Gasteiger charge is -2.29. The summed E-state index contributed by atoms with van der Waals surface area (Å²) in [6, 6.07) is 0.278. The van der Waals surface area contributed by atoms with E-state index in [9.17, 15) is 9.59 Å². The molecule has 0 saturated heterocycles. The minimum absolute atomic E-state index is 0.0712. The van der Waals surface area contributed by atoms with Gasteiger partial charge in [-0.25, -0.2) is 0 Å². The maximum absolute atomic E-state index is 11.3. The SMILES string of the molecule is O=C(CO)NC1CCC(NC(=O)COI)CC1. The normalized spacial score (nSPS) is 24.1. The van der Waals surface area contributed by atoms with Gasteiger partial charge in [0, 0.05) is 12.1 Å². The molecule has 0 bridgehead atoms. The number of carbonyl (C=O) groups excluding carboxylic acids is 2. The second kappa shape index (κ2) is 7.83. The highest BCUT2D eigenvalue weighted by atomic mass is 127. The number of aliphatic hydroxyl groups excluding tert-OH is 1. The predicted octanol–water partition coefficient (Wildman–Crippen LogP) is -0.111. The van der Waals surface area contributed by atoms with E-state index in [1.165, 1.54) is 0 Å². The summed E-state index contributed by atoms with van der Waals surface area (Å²) < 4.78 is 4.71. The zero-order valence-corrected chi connectivity index (χ0v) is 11.6. The van der Waals surface area contributed by atoms with Crippen molar-refractivity contribution in [1.82, 2.24) is 10.6 Å². The zero-order valence-electron chi connectivity index (χ0n) is 9.45. The number of rotatable bonds is 5. The first-order chi connectivity index (χ1) is 8.15. The molecule has 0 aromatic carbocycles. The highest BCUT2D eigenvalue weighted by Crippen LogP contribution is 2.18. The van der Waals surface area contributed by atoms with Gasteiger partial charge in [0.15, 0.2) is 0 Å². The van der Waals surface area contributed by atoms with E-state index in [2.05, 4.69) is 10.6 Å². The Hall–Kier alpha value is -0.410. The van der Waals surface area contributed by atoms with Gasteiger partial charge in [-0.3, -0.25) is 9.59 Å². The molecule has 3 N–H and O–H groups in total. The lowest BCUT2D eigenvalue weighted by atomic mass is 9.91. The second-order valence-electron chi connectivity index (χ2n) is 4.10. The topological polar surface area (TPSA) is 87.7 Å². The Kier molecular flexibility index (Phi) is 6.75. The quantitative estimate of drug-likeness (QED) is 0.600. The molecule has 0 unspecified atom stereocenters. The highest BCUT2D eigenvalue weighted by Gasteiger charge is 2.23. The van der Waals surface area contributed by atoms with Crippen LogP contribution >= 0.6 is 23.0 Å². The minimum atomic E-state index is -0.469. The van der Waals surface area contributed by atoms with Gasteiger partial charge in [-0.2, -0.15) is 0 Å². The van der Waals surface area contributed by atoms with Crippen molar-refractivity contribution in [3.8, 4) is 0 Å². The van der Waals surface area contributed by atoms with E-state index in [0.29, 0.717) is 0 Å². The molecule has 0 radical (unpaired) electrons. The van der Waals surface area contributed by atoms with Crippen molar-refractivity contribution in [2.24, 2.45) is 0 Å². The summed E-state index contributed by atoms with van der Waals surface area (Å²) in [6.45, 7) is -0.397. The van der Waals surface area contributed by atoms with Gasteiger partial charge in [-0.05, 0) is 25.7 Å². The summed E-state index contributed by atoms with van der Waals surface area (Å²) >= 11 is 1.69. The maximum Gasteiger partial charge on any atom is 0.247 e. The molecule has 0 aliphatic heterocycles. The van der Waals surface area contributed by atoms with E-state index in [0.717, 1.165) is 25.7 Å². The van der Waals surface area contributed by atoms with Crippen LogP contribution in [0.5, 0.6) is 0 Å². The molecule has 1 fully saturated rings. The lowest BCUT2D eigenvalue weighted by Crippen LogP contribution is -2.45. The van der Waals surface area contributed by atoms with E-state index in [-0.39, 0.29) is 30.5 Å². The molecule has 1 rings (SSSR count). The molecule has 1 aliphatic carbocycles. The van der Waals surface area contributed by atoms with Crippen molar-refractivity contribution >= 4 is 34.8 Å². The lowest BCUT2D eigenvalue weighted by molar-refractivity contribution is -0.125. The third-order valence-electron chi connectivity index (χ3n) is 2.79. The Balaban J connectivity index is 2.21. The largest absolute Gasteiger partial charge is 0.387 e. The van der Waals surface area contributed by atoms with Crippen molar-refractivity contribution in [2.45, 2.75) is 37.8 Å². The summed E-state index contributed by atoms with van der Waals surface area (Å²) in [6.07, 6.45) is 3.32. The Morgan fingerprint density at radius 3 is 2.00 bits per heavy atom. The molecule has 6 nitrogen and oxygen atoms in total. The van der Waals surface area contributed by atoms with Gasteiger partial charge < -0.3 is 18.8 Å². The molecule has 0 aromatic heterocycles. The van der Waals surface area contributed by atoms with Crippen molar-refractivity contribution in [2.75, 3.05) is 13.2 Å². The van der Waals surface area contributed by atoms with Gasteiger partial charge in [0.05, 0.1) is 0 Å². The molecule has 0 spiro atoms. The number of hydrogen-bond donors (Lipinski definition) is 3. The molecule has 0 aromatic rings. The van der Waals surface area contributed by atoms with Crippen LogP contribution in [0.25, 0.3) is 0 Å². The molecule has 0 heterocycles. The molecule has 17 heavy (non-hydrogen) atoms. The van der Waals surface area contributed by atoms with Crippen molar-refractivity contribution < 1.29 is 17.8 Å². The predicted molar refractivity (Wildman–Crippen MR) is 69.4 cm³/mol. The average molecular weight is 356 g/mol. The molecule has 1 aliphatic rings. The van der Waals surface area contributed by atoms with E-state index in [4.69, 9.17) is 8.17 Å². The van der Waals surface area contributed by atoms with Crippen molar-refractivity contribution in [3.63, 3.8) is 0 Å². The van der Waals surface area contributed by atoms with Crippen LogP contribution in [0.2, 0.25) is 0 Å². The van der Waals surface area contributed by atoms with Crippen LogP contribution < -0.4 is 10.6 Å². The third kappa shape index (κ3) is 5.64. The van der Waals surface area contributed by atoms with Gasteiger partial charge in [0.1, 0.15) is 36.2 Å². The minimum Gasteiger partial charge on any atom is -0.387 e. The van der Waals surface area contributed by atoms with Crippen LogP contribution in [-0.4, -0.2) is 42.2 Å². The van der Waals surface area contributed by atoms with Gasteiger partial charge in [0.2, 0.25) is 11.8 Å². The van der Waals surface area contributed by atoms with Crippen LogP contribution in [0.4, 0.5) is 0 Å². The van der Waals surface area contributed by atoms with Crippen LogP contribution in [0.15, 0.2) is 0 Å². The Morgan fingerprint density at radius 1 is 1.12 bits per heavy atom. The Morgan fingerprint density at radius 2 is 1.59 bits per heavy atom. The smallest absolute Gasteiger partial charge is 0.247 e. The van der Waals surface area contributed by atoms with Gasteiger partial charge in [-0.1, -0.05) is 0 Å². The number of amides is 2. The molecule has 1 saturated carbocycles. The van der Waals surface area contributed by atoms with Crippen LogP contribution in [0, 0.1) is 0 Å². The van der Waals surface area contributed by atoms with E-state index in [1.54, 1.807) is 23.0 Å². The highest BCUT2D eigenvalue weighted by molar-refractivity contribution is 14.1. The summed E-state index contributed by atoms with van der Waals surface area (Å²) in [7, 11) is 0. The molecule has 7 heteroatoms. The van der Waals surface area contributed by atoms with Crippen LogP contribution in [-0.2, 0) is 12.7 Å². The number of halogens is 1. The molecule has 0 atom stereocenters. The first-order valence-electron chi connectivity index (χ1n) is 5.58. The maximum atomic E-state index is 11.3. The van der Waals surface area contributed by atoms with E-state index >= 15 is 0 Å². The Bertz CT molecular complexity index is 267. The van der Waals surface area contributed by atoms with Gasteiger partial charge >= 0.3 is 0 Å². The molecular weight excluding hydrogens is 339 g/mol. The summed E-state index contributed by atoms with van der Waals surface area (Å²) in [5.74, 6) is -0.446. The average Bonchev–Trinajstić information content (AvgIpc) is 2.32. The zero-order chi connectivity index (χ0) is 12.7.